The van der Waals surface area contributed by atoms with Gasteiger partial charge in [0.2, 0.25) is 11.8 Å². The van der Waals surface area contributed by atoms with Gasteiger partial charge in [-0.05, 0) is 30.4 Å². The Hall–Kier alpha value is -1.37. The van der Waals surface area contributed by atoms with E-state index in [9.17, 15) is 14.7 Å². The monoisotopic (exact) mass is 370 g/mol. The fourth-order valence-electron chi connectivity index (χ4n) is 2.82. The number of carbonyl (C=O) groups excluding carboxylic acids is 1. The molecule has 1 aliphatic heterocycles. The van der Waals surface area contributed by atoms with Gasteiger partial charge in [0.25, 0.3) is 0 Å². The summed E-state index contributed by atoms with van der Waals surface area (Å²) in [5.74, 6) is 0.794. The van der Waals surface area contributed by atoms with Gasteiger partial charge < -0.3 is 10.2 Å². The summed E-state index contributed by atoms with van der Waals surface area (Å²) in [6.07, 6.45) is 3.35. The SMILES string of the molecule is CC(C)(C)CC(=O)C1CCC([O-])=C(CCSCCCCC(=O)O)[N+]1=N. The number of rotatable bonds is 10. The van der Waals surface area contributed by atoms with Crippen LogP contribution in [0.1, 0.15) is 65.7 Å². The Bertz CT molecular complexity index is 538. The third-order valence-electron chi connectivity index (χ3n) is 4.06. The van der Waals surface area contributed by atoms with E-state index >= 15 is 0 Å². The maximum absolute atomic E-state index is 12.4. The van der Waals surface area contributed by atoms with Crippen LogP contribution >= 0.6 is 11.8 Å². The number of nitrogens with zero attached hydrogens (tertiary/aromatic N) is 1. The van der Waals surface area contributed by atoms with Crippen LogP contribution in [0.2, 0.25) is 0 Å². The quantitative estimate of drug-likeness (QED) is 0.454. The number of Topliss-reactive ketones (excluding diaryl/α,β-unsaturated/α-hetero) is 1. The number of hydrogen-bond donors (Lipinski definition) is 2. The normalized spacial score (nSPS) is 18.5. The number of thioether (sulfide) groups is 1. The number of ketones is 1. The van der Waals surface area contributed by atoms with Crippen LogP contribution in [0.25, 0.3) is 0 Å². The molecule has 0 saturated carbocycles. The smallest absolute Gasteiger partial charge is 0.303 e. The van der Waals surface area contributed by atoms with Crippen LogP contribution < -0.4 is 5.11 Å². The first-order valence-electron chi connectivity index (χ1n) is 8.83. The molecular formula is C18H30N2O4S. The van der Waals surface area contributed by atoms with E-state index in [1.165, 1.54) is 0 Å². The Morgan fingerprint density at radius 1 is 1.32 bits per heavy atom. The molecule has 0 aromatic heterocycles. The summed E-state index contributed by atoms with van der Waals surface area (Å²) < 4.78 is 1.16. The highest BCUT2D eigenvalue weighted by Crippen LogP contribution is 2.28. The number of aliphatic carboxylic acids is 1. The second-order valence-corrected chi connectivity index (χ2v) is 8.94. The van der Waals surface area contributed by atoms with Crippen LogP contribution in [-0.4, -0.2) is 39.1 Å². The van der Waals surface area contributed by atoms with Crippen molar-refractivity contribution in [3.05, 3.63) is 11.5 Å². The number of allylic oxidation sites excluding steroid dienone is 2. The number of carbonyl (C=O) groups is 2. The molecule has 0 saturated heterocycles. The molecule has 0 aliphatic carbocycles. The van der Waals surface area contributed by atoms with Crippen molar-refractivity contribution < 1.29 is 24.5 Å². The lowest BCUT2D eigenvalue weighted by molar-refractivity contribution is -0.606. The van der Waals surface area contributed by atoms with Crippen LogP contribution in [0.5, 0.6) is 0 Å². The van der Waals surface area contributed by atoms with Crippen molar-refractivity contribution in [3.63, 3.8) is 0 Å². The lowest BCUT2D eigenvalue weighted by atomic mass is 9.86. The van der Waals surface area contributed by atoms with Crippen LogP contribution in [0.4, 0.5) is 0 Å². The average Bonchev–Trinajstić information content (AvgIpc) is 2.46. The first-order valence-corrected chi connectivity index (χ1v) is 9.99. The predicted molar refractivity (Wildman–Crippen MR) is 95.5 cm³/mol. The number of carboxylic acids is 1. The molecule has 142 valence electrons. The molecule has 0 fully saturated rings. The number of nitrogens with one attached hydrogen (secondary N) is 1. The van der Waals surface area contributed by atoms with E-state index in [1.807, 2.05) is 20.8 Å². The highest BCUT2D eigenvalue weighted by Gasteiger charge is 2.37. The van der Waals surface area contributed by atoms with Crippen molar-refractivity contribution >= 4 is 23.5 Å². The molecule has 0 aromatic carbocycles. The van der Waals surface area contributed by atoms with Crippen LogP contribution in [0, 0.1) is 10.9 Å². The lowest BCUT2D eigenvalue weighted by Gasteiger charge is -2.26. The molecule has 1 rings (SSSR count). The molecule has 1 atom stereocenters. The number of unbranched alkanes of at least 4 members (excludes halogenated alkanes) is 1. The highest BCUT2D eigenvalue weighted by molar-refractivity contribution is 7.99. The summed E-state index contributed by atoms with van der Waals surface area (Å²) in [6.45, 7) is 6.00. The highest BCUT2D eigenvalue weighted by atomic mass is 32.2. The van der Waals surface area contributed by atoms with Crippen molar-refractivity contribution in [2.45, 2.75) is 71.8 Å². The Labute approximate surface area is 154 Å². The van der Waals surface area contributed by atoms with Gasteiger partial charge in [-0.1, -0.05) is 36.8 Å². The summed E-state index contributed by atoms with van der Waals surface area (Å²) in [5.41, 5.74) is 8.55. The molecule has 25 heavy (non-hydrogen) atoms. The summed E-state index contributed by atoms with van der Waals surface area (Å²) in [7, 11) is 0. The first kappa shape index (κ1) is 21.7. The van der Waals surface area contributed by atoms with Gasteiger partial charge in [-0.15, -0.1) is 0 Å². The van der Waals surface area contributed by atoms with Crippen molar-refractivity contribution in [1.29, 1.82) is 5.53 Å². The van der Waals surface area contributed by atoms with E-state index < -0.39 is 12.0 Å². The molecule has 1 unspecified atom stereocenters. The van der Waals surface area contributed by atoms with E-state index in [0.717, 1.165) is 16.9 Å². The van der Waals surface area contributed by atoms with Crippen LogP contribution in [0.15, 0.2) is 11.5 Å². The van der Waals surface area contributed by atoms with E-state index in [1.54, 1.807) is 11.8 Å². The standard InChI is InChI=1S/C18H30N2O4S/c1-18(2,3)12-16(22)13-7-8-15(21)14(20(13)19)9-11-25-10-5-4-6-17(23)24/h13H,4-12H2,1-3H3,(H2-,19,21,23,24). The van der Waals surface area contributed by atoms with Crippen LogP contribution in [-0.2, 0) is 9.59 Å². The largest absolute Gasteiger partial charge is 0.871 e. The molecule has 6 nitrogen and oxygen atoms in total. The minimum atomic E-state index is -0.774. The van der Waals surface area contributed by atoms with Crippen molar-refractivity contribution in [2.75, 3.05) is 11.5 Å². The molecule has 0 radical (unpaired) electrons. The van der Waals surface area contributed by atoms with Gasteiger partial charge in [0.15, 0.2) is 5.70 Å². The molecular weight excluding hydrogens is 340 g/mol. The fraction of sp³-hybridized carbons (Fsp3) is 0.778. The van der Waals surface area contributed by atoms with Gasteiger partial charge in [-0.2, -0.15) is 11.8 Å². The van der Waals surface area contributed by atoms with Gasteiger partial charge in [-0.25, -0.2) is 0 Å². The second-order valence-electron chi connectivity index (χ2n) is 7.71. The zero-order valence-corrected chi connectivity index (χ0v) is 16.3. The minimum Gasteiger partial charge on any atom is -0.871 e. The Morgan fingerprint density at radius 2 is 2.00 bits per heavy atom. The lowest BCUT2D eigenvalue weighted by Crippen LogP contribution is -2.39. The van der Waals surface area contributed by atoms with Gasteiger partial charge in [-0.3, -0.25) is 9.59 Å². The van der Waals surface area contributed by atoms with Crippen molar-refractivity contribution in [2.24, 2.45) is 5.41 Å². The van der Waals surface area contributed by atoms with E-state index in [4.69, 9.17) is 10.6 Å². The fourth-order valence-corrected chi connectivity index (χ4v) is 3.77. The molecule has 0 aromatic rings. The molecule has 7 heteroatoms. The number of carboxylic acid groups (broad SMARTS) is 1. The molecule has 1 aliphatic rings. The zero-order valence-electron chi connectivity index (χ0n) is 15.5. The topological polar surface area (TPSA) is 104 Å². The maximum atomic E-state index is 12.4. The molecule has 0 bridgehead atoms. The number of hydrogen-bond acceptors (Lipinski definition) is 5. The second kappa shape index (κ2) is 9.94. The van der Waals surface area contributed by atoms with E-state index in [-0.39, 0.29) is 23.4 Å². The van der Waals surface area contributed by atoms with Crippen molar-refractivity contribution in [1.82, 2.24) is 0 Å². The summed E-state index contributed by atoms with van der Waals surface area (Å²) in [5, 5.41) is 20.7. The summed E-state index contributed by atoms with van der Waals surface area (Å²) in [4.78, 5) is 22.9. The maximum Gasteiger partial charge on any atom is 0.303 e. The van der Waals surface area contributed by atoms with Gasteiger partial charge in [0.1, 0.15) is 0 Å². The molecule has 2 N–H and O–H groups in total. The molecule has 0 spiro atoms. The molecule has 1 heterocycles. The van der Waals surface area contributed by atoms with Crippen LogP contribution in [0.3, 0.4) is 0 Å². The molecule has 0 amide bonds. The average molecular weight is 371 g/mol. The third kappa shape index (κ3) is 8.03. The summed E-state index contributed by atoms with van der Waals surface area (Å²) >= 11 is 1.66. The summed E-state index contributed by atoms with van der Waals surface area (Å²) in [6, 6.07) is -0.507. The Kier molecular flexibility index (Phi) is 8.62. The van der Waals surface area contributed by atoms with Gasteiger partial charge in [0, 0.05) is 31.4 Å². The first-order chi connectivity index (χ1) is 11.6. The predicted octanol–water partition coefficient (Wildman–Crippen LogP) is 3.15. The third-order valence-corrected chi connectivity index (χ3v) is 5.13. The van der Waals surface area contributed by atoms with Crippen molar-refractivity contribution in [3.8, 4) is 0 Å². The van der Waals surface area contributed by atoms with Gasteiger partial charge in [0.05, 0.1) is 0 Å². The Morgan fingerprint density at radius 3 is 2.60 bits per heavy atom. The Balaban J connectivity index is 2.46. The van der Waals surface area contributed by atoms with E-state index in [0.29, 0.717) is 43.6 Å². The van der Waals surface area contributed by atoms with E-state index in [2.05, 4.69) is 0 Å². The zero-order chi connectivity index (χ0) is 19.0. The van der Waals surface area contributed by atoms with Gasteiger partial charge >= 0.3 is 5.97 Å². The minimum absolute atomic E-state index is 0.0266.